The molecule has 0 amide bonds. The number of H-pyrrole nitrogens is 1. The monoisotopic (exact) mass is 184 g/mol. The minimum Gasteiger partial charge on any atom is -0.285 e. The summed E-state index contributed by atoms with van der Waals surface area (Å²) in [6.07, 6.45) is 3.63. The molecule has 56 valence electrons. The molecule has 0 bridgehead atoms. The molecule has 1 N–H and O–H groups in total. The Morgan fingerprint density at radius 1 is 1.55 bits per heavy atom. The maximum atomic E-state index is 5.76. The normalized spacial score (nSPS) is 10.3. The van der Waals surface area contributed by atoms with Crippen LogP contribution >= 0.6 is 22.9 Å². The zero-order valence-corrected chi connectivity index (χ0v) is 7.12. The predicted molar refractivity (Wildman–Crippen MR) is 46.9 cm³/mol. The van der Waals surface area contributed by atoms with Gasteiger partial charge in [-0.05, 0) is 6.07 Å². The topological polar surface area (TPSA) is 28.7 Å². The largest absolute Gasteiger partial charge is 0.285 e. The number of hydrogen-bond donors (Lipinski definition) is 1. The van der Waals surface area contributed by atoms with Crippen LogP contribution in [0.4, 0.5) is 0 Å². The number of nitrogens with one attached hydrogen (secondary N) is 1. The number of thiophene rings is 1. The second-order valence-electron chi connectivity index (χ2n) is 2.12. The maximum Gasteiger partial charge on any atom is 0.0573 e. The van der Waals surface area contributed by atoms with E-state index < -0.39 is 0 Å². The van der Waals surface area contributed by atoms with Crippen LogP contribution < -0.4 is 0 Å². The fraction of sp³-hybridized carbons (Fsp3) is 0. The number of nitrogens with zero attached hydrogens (tertiary/aromatic N) is 1. The van der Waals surface area contributed by atoms with Gasteiger partial charge in [0.1, 0.15) is 0 Å². The molecule has 2 rings (SSSR count). The van der Waals surface area contributed by atoms with Crippen molar-refractivity contribution in [2.75, 3.05) is 0 Å². The molecule has 11 heavy (non-hydrogen) atoms. The van der Waals surface area contributed by atoms with E-state index in [0.29, 0.717) is 0 Å². The Bertz CT molecular complexity index is 339. The first-order chi connectivity index (χ1) is 5.36. The van der Waals surface area contributed by atoms with Crippen molar-refractivity contribution in [3.63, 3.8) is 0 Å². The zero-order valence-electron chi connectivity index (χ0n) is 5.54. The van der Waals surface area contributed by atoms with E-state index in [0.717, 1.165) is 15.5 Å². The van der Waals surface area contributed by atoms with Crippen molar-refractivity contribution in [2.45, 2.75) is 0 Å². The van der Waals surface area contributed by atoms with Crippen LogP contribution in [0, 0.1) is 0 Å². The van der Waals surface area contributed by atoms with Crippen molar-refractivity contribution in [2.24, 2.45) is 0 Å². The third-order valence-corrected chi connectivity index (χ3v) is 2.68. The second kappa shape index (κ2) is 2.68. The van der Waals surface area contributed by atoms with Crippen molar-refractivity contribution in [1.29, 1.82) is 0 Å². The summed E-state index contributed by atoms with van der Waals surface area (Å²) in [5.74, 6) is 0. The summed E-state index contributed by atoms with van der Waals surface area (Å²) in [4.78, 5) is 1.14. The first-order valence-corrected chi connectivity index (χ1v) is 4.35. The smallest absolute Gasteiger partial charge is 0.0573 e. The molecule has 0 spiro atoms. The summed E-state index contributed by atoms with van der Waals surface area (Å²) in [6.45, 7) is 0. The van der Waals surface area contributed by atoms with Crippen LogP contribution in [0.1, 0.15) is 0 Å². The van der Waals surface area contributed by atoms with Gasteiger partial charge in [0.05, 0.1) is 11.2 Å². The van der Waals surface area contributed by atoms with Crippen molar-refractivity contribution in [3.05, 3.63) is 28.9 Å². The molecule has 0 aliphatic heterocycles. The molecule has 0 saturated carbocycles. The number of halogens is 1. The van der Waals surface area contributed by atoms with E-state index in [1.807, 2.05) is 17.6 Å². The highest BCUT2D eigenvalue weighted by Gasteiger charge is 2.00. The van der Waals surface area contributed by atoms with E-state index in [4.69, 9.17) is 11.6 Å². The lowest BCUT2D eigenvalue weighted by atomic mass is 10.3. The fourth-order valence-electron chi connectivity index (χ4n) is 0.850. The summed E-state index contributed by atoms with van der Waals surface area (Å²) >= 11 is 7.37. The maximum absolute atomic E-state index is 5.76. The third kappa shape index (κ3) is 1.29. The molecule has 0 fully saturated rings. The van der Waals surface area contributed by atoms with Crippen molar-refractivity contribution < 1.29 is 0 Å². The van der Waals surface area contributed by atoms with E-state index in [2.05, 4.69) is 10.2 Å². The van der Waals surface area contributed by atoms with Gasteiger partial charge in [0.2, 0.25) is 0 Å². The van der Waals surface area contributed by atoms with Crippen molar-refractivity contribution >= 4 is 22.9 Å². The molecule has 2 nitrogen and oxygen atoms in total. The molecule has 0 aromatic carbocycles. The van der Waals surface area contributed by atoms with Gasteiger partial charge in [-0.15, -0.1) is 11.3 Å². The van der Waals surface area contributed by atoms with Crippen LogP contribution in [0.5, 0.6) is 0 Å². The summed E-state index contributed by atoms with van der Waals surface area (Å²) in [7, 11) is 0. The highest BCUT2D eigenvalue weighted by Crippen LogP contribution is 2.28. The molecule has 0 saturated heterocycles. The lowest BCUT2D eigenvalue weighted by molar-refractivity contribution is 1.09. The Balaban J connectivity index is 2.45. The van der Waals surface area contributed by atoms with Gasteiger partial charge in [-0.25, -0.2) is 0 Å². The molecule has 0 radical (unpaired) electrons. The molecule has 0 atom stereocenters. The number of hydrogen-bond acceptors (Lipinski definition) is 2. The highest BCUT2D eigenvalue weighted by atomic mass is 35.5. The van der Waals surface area contributed by atoms with Crippen LogP contribution in [-0.4, -0.2) is 10.2 Å². The Morgan fingerprint density at radius 3 is 3.00 bits per heavy atom. The van der Waals surface area contributed by atoms with E-state index in [-0.39, 0.29) is 0 Å². The van der Waals surface area contributed by atoms with Crippen LogP contribution in [0.25, 0.3) is 10.4 Å². The molecular formula is C7H5ClN2S. The Hall–Kier alpha value is -0.800. The quantitative estimate of drug-likeness (QED) is 0.726. The van der Waals surface area contributed by atoms with E-state index in [1.165, 1.54) is 0 Å². The molecule has 0 unspecified atom stereocenters. The lowest BCUT2D eigenvalue weighted by Gasteiger charge is -1.84. The molecule has 0 aliphatic carbocycles. The number of aromatic amines is 1. The minimum absolute atomic E-state index is 0.784. The van der Waals surface area contributed by atoms with Crippen LogP contribution in [0.3, 0.4) is 0 Å². The average molecular weight is 185 g/mol. The van der Waals surface area contributed by atoms with Crippen LogP contribution in [0.15, 0.2) is 23.8 Å². The predicted octanol–water partition coefficient (Wildman–Crippen LogP) is 2.79. The van der Waals surface area contributed by atoms with E-state index in [1.54, 1.807) is 17.5 Å². The van der Waals surface area contributed by atoms with Crippen LogP contribution in [-0.2, 0) is 0 Å². The number of rotatable bonds is 1. The Labute approximate surface area is 72.8 Å². The van der Waals surface area contributed by atoms with Gasteiger partial charge in [-0.3, -0.25) is 5.10 Å². The summed E-state index contributed by atoms with van der Waals surface area (Å²) < 4.78 is 0. The lowest BCUT2D eigenvalue weighted by Crippen LogP contribution is -1.60. The van der Waals surface area contributed by atoms with Gasteiger partial charge in [0.15, 0.2) is 0 Å². The first kappa shape index (κ1) is 6.88. The summed E-state index contributed by atoms with van der Waals surface area (Å²) in [5, 5.41) is 9.29. The molecule has 2 aromatic heterocycles. The van der Waals surface area contributed by atoms with Gasteiger partial charge < -0.3 is 0 Å². The van der Waals surface area contributed by atoms with Crippen molar-refractivity contribution in [1.82, 2.24) is 10.2 Å². The Morgan fingerprint density at radius 2 is 2.45 bits per heavy atom. The second-order valence-corrected chi connectivity index (χ2v) is 3.46. The first-order valence-electron chi connectivity index (χ1n) is 3.09. The van der Waals surface area contributed by atoms with Gasteiger partial charge in [-0.2, -0.15) is 5.10 Å². The van der Waals surface area contributed by atoms with Gasteiger partial charge in [0, 0.05) is 22.0 Å². The van der Waals surface area contributed by atoms with Gasteiger partial charge in [-0.1, -0.05) is 11.6 Å². The van der Waals surface area contributed by atoms with Gasteiger partial charge >= 0.3 is 0 Å². The summed E-state index contributed by atoms with van der Waals surface area (Å²) in [5.41, 5.74) is 1.09. The van der Waals surface area contributed by atoms with Crippen molar-refractivity contribution in [3.8, 4) is 10.4 Å². The molecule has 2 heterocycles. The highest BCUT2D eigenvalue weighted by molar-refractivity contribution is 7.14. The molecule has 0 aliphatic rings. The average Bonchev–Trinajstić information content (AvgIpc) is 2.55. The standard InChI is InChI=1S/C7H5ClN2S/c8-6-1-7(11-4-6)5-2-9-10-3-5/h1-4H,(H,9,10). The summed E-state index contributed by atoms with van der Waals surface area (Å²) in [6, 6.07) is 1.93. The fourth-order valence-corrected chi connectivity index (χ4v) is 1.91. The minimum atomic E-state index is 0.784. The number of aromatic nitrogens is 2. The molecule has 4 heteroatoms. The van der Waals surface area contributed by atoms with E-state index >= 15 is 0 Å². The van der Waals surface area contributed by atoms with Gasteiger partial charge in [0.25, 0.3) is 0 Å². The Kier molecular flexibility index (Phi) is 1.68. The van der Waals surface area contributed by atoms with E-state index in [9.17, 15) is 0 Å². The van der Waals surface area contributed by atoms with Crippen LogP contribution in [0.2, 0.25) is 5.02 Å². The third-order valence-electron chi connectivity index (χ3n) is 1.35. The zero-order chi connectivity index (χ0) is 7.68. The molecular weight excluding hydrogens is 180 g/mol. The SMILES string of the molecule is Clc1csc(-c2cn[nH]c2)c1. The molecule has 2 aromatic rings.